The lowest BCUT2D eigenvalue weighted by atomic mass is 9.94. The van der Waals surface area contributed by atoms with Gasteiger partial charge in [-0.3, -0.25) is 0 Å². The lowest BCUT2D eigenvalue weighted by molar-refractivity contribution is 0.877. The van der Waals surface area contributed by atoms with Crippen molar-refractivity contribution < 1.29 is 0 Å². The van der Waals surface area contributed by atoms with E-state index in [1.54, 1.807) is 0 Å². The summed E-state index contributed by atoms with van der Waals surface area (Å²) in [5.74, 6) is 0. The van der Waals surface area contributed by atoms with Crippen LogP contribution in [0.2, 0.25) is 0 Å². The molecule has 0 N–H and O–H groups in total. The molecule has 0 aliphatic heterocycles. The zero-order valence-corrected chi connectivity index (χ0v) is 12.3. The van der Waals surface area contributed by atoms with Crippen molar-refractivity contribution in [1.82, 2.24) is 0 Å². The summed E-state index contributed by atoms with van der Waals surface area (Å²) in [5, 5.41) is 0. The fraction of sp³-hybridized carbons (Fsp3) is 0.200. The van der Waals surface area contributed by atoms with E-state index in [-0.39, 0.29) is 0 Å². The molecule has 0 radical (unpaired) electrons. The van der Waals surface area contributed by atoms with E-state index in [0.29, 0.717) is 5.41 Å². The van der Waals surface area contributed by atoms with Gasteiger partial charge >= 0.3 is 0 Å². The van der Waals surface area contributed by atoms with Gasteiger partial charge in [-0.25, -0.2) is 0 Å². The molecule has 2 heteroatoms. The van der Waals surface area contributed by atoms with Gasteiger partial charge in [-0.2, -0.15) is 0 Å². The van der Waals surface area contributed by atoms with Gasteiger partial charge in [0.05, 0.1) is 0 Å². The van der Waals surface area contributed by atoms with Gasteiger partial charge in [0.2, 0.25) is 0 Å². The first-order chi connectivity index (χ1) is 8.21. The molecule has 1 spiro atoms. The van der Waals surface area contributed by atoms with E-state index < -0.39 is 0 Å². The molecule has 0 heterocycles. The van der Waals surface area contributed by atoms with Gasteiger partial charge in [-0.05, 0) is 59.4 Å². The molecule has 84 valence electrons. The van der Waals surface area contributed by atoms with Gasteiger partial charge in [-0.15, -0.1) is 0 Å². The first-order valence-electron chi connectivity index (χ1n) is 5.81. The number of benzene rings is 2. The Morgan fingerprint density at radius 2 is 1.24 bits per heavy atom. The lowest BCUT2D eigenvalue weighted by Crippen LogP contribution is -2.03. The molecule has 1 fully saturated rings. The average Bonchev–Trinajstić information content (AvgIpc) is 3.06. The minimum atomic E-state index is 0.332. The van der Waals surface area contributed by atoms with Crippen LogP contribution in [0.15, 0.2) is 45.3 Å². The van der Waals surface area contributed by atoms with Crippen LogP contribution in [0.5, 0.6) is 0 Å². The maximum Gasteiger partial charge on any atom is 0.0216 e. The van der Waals surface area contributed by atoms with Crippen LogP contribution in [0.25, 0.3) is 11.1 Å². The summed E-state index contributed by atoms with van der Waals surface area (Å²) in [6, 6.07) is 13.4. The molecule has 2 aromatic rings. The van der Waals surface area contributed by atoms with Crippen molar-refractivity contribution >= 4 is 31.9 Å². The van der Waals surface area contributed by atoms with Gasteiger partial charge in [0.15, 0.2) is 0 Å². The number of fused-ring (bicyclic) bond motifs is 5. The molecule has 2 aliphatic carbocycles. The van der Waals surface area contributed by atoms with E-state index in [1.807, 2.05) is 0 Å². The summed E-state index contributed by atoms with van der Waals surface area (Å²) in [5.41, 5.74) is 6.21. The Bertz CT molecular complexity index is 586. The second kappa shape index (κ2) is 3.24. The Labute approximate surface area is 117 Å². The van der Waals surface area contributed by atoms with Crippen LogP contribution >= 0.6 is 31.9 Å². The van der Waals surface area contributed by atoms with Gasteiger partial charge in [0.25, 0.3) is 0 Å². The minimum Gasteiger partial charge on any atom is -0.0529 e. The van der Waals surface area contributed by atoms with Crippen LogP contribution in [0.4, 0.5) is 0 Å². The Balaban J connectivity index is 2.09. The van der Waals surface area contributed by atoms with Crippen LogP contribution in [-0.2, 0) is 5.41 Å². The Kier molecular flexibility index (Phi) is 1.97. The summed E-state index contributed by atoms with van der Waals surface area (Å²) in [4.78, 5) is 0. The van der Waals surface area contributed by atoms with Crippen molar-refractivity contribution in [3.05, 3.63) is 56.5 Å². The second-order valence-corrected chi connectivity index (χ2v) is 6.79. The quantitative estimate of drug-likeness (QED) is 0.607. The molecule has 0 nitrogen and oxygen atoms in total. The molecule has 0 bridgehead atoms. The Morgan fingerprint density at radius 1 is 0.765 bits per heavy atom. The van der Waals surface area contributed by atoms with Crippen LogP contribution < -0.4 is 0 Å². The first-order valence-corrected chi connectivity index (χ1v) is 7.40. The fourth-order valence-corrected chi connectivity index (χ4v) is 3.83. The highest BCUT2D eigenvalue weighted by atomic mass is 79.9. The fourth-order valence-electron chi connectivity index (χ4n) is 3.10. The Morgan fingerprint density at radius 3 is 1.65 bits per heavy atom. The maximum absolute atomic E-state index is 3.59. The van der Waals surface area contributed by atoms with Gasteiger partial charge in [0.1, 0.15) is 0 Å². The molecular weight excluding hydrogens is 340 g/mol. The standard InChI is InChI=1S/C15H10Br2/c16-9-1-3-11-12-4-2-10(17)8-14(12)15(5-6-15)13(11)7-9/h1-4,7-8H,5-6H2. The monoisotopic (exact) mass is 348 g/mol. The number of hydrogen-bond donors (Lipinski definition) is 0. The Hall–Kier alpha value is -0.600. The van der Waals surface area contributed by atoms with E-state index in [0.717, 1.165) is 0 Å². The third-order valence-electron chi connectivity index (χ3n) is 4.03. The molecule has 0 aromatic heterocycles. The van der Waals surface area contributed by atoms with Crippen LogP contribution in [0, 0.1) is 0 Å². The summed E-state index contributed by atoms with van der Waals surface area (Å²) in [7, 11) is 0. The smallest absolute Gasteiger partial charge is 0.0216 e. The highest BCUT2D eigenvalue weighted by molar-refractivity contribution is 9.10. The topological polar surface area (TPSA) is 0 Å². The highest BCUT2D eigenvalue weighted by Gasteiger charge is 2.52. The summed E-state index contributed by atoms with van der Waals surface area (Å²) >= 11 is 7.19. The van der Waals surface area contributed by atoms with Crippen molar-refractivity contribution in [3.8, 4) is 11.1 Å². The van der Waals surface area contributed by atoms with Crippen LogP contribution in [0.1, 0.15) is 24.0 Å². The van der Waals surface area contributed by atoms with Crippen molar-refractivity contribution in [2.24, 2.45) is 0 Å². The summed E-state index contributed by atoms with van der Waals surface area (Å²) in [6.07, 6.45) is 2.58. The normalized spacial score (nSPS) is 18.0. The number of rotatable bonds is 0. The SMILES string of the molecule is Brc1ccc2c(c1)C1(CC1)c1cc(Br)ccc1-2. The predicted molar refractivity (Wildman–Crippen MR) is 77.3 cm³/mol. The molecule has 0 atom stereocenters. The van der Waals surface area contributed by atoms with E-state index in [1.165, 1.54) is 44.0 Å². The second-order valence-electron chi connectivity index (χ2n) is 4.96. The van der Waals surface area contributed by atoms with E-state index in [4.69, 9.17) is 0 Å². The van der Waals surface area contributed by atoms with Gasteiger partial charge in [0, 0.05) is 14.4 Å². The zero-order chi connectivity index (χ0) is 11.6. The van der Waals surface area contributed by atoms with Crippen LogP contribution in [-0.4, -0.2) is 0 Å². The zero-order valence-electron chi connectivity index (χ0n) is 9.13. The van der Waals surface area contributed by atoms with Gasteiger partial charge < -0.3 is 0 Å². The lowest BCUT2D eigenvalue weighted by Gasteiger charge is -2.10. The molecular formula is C15H10Br2. The third-order valence-corrected chi connectivity index (χ3v) is 5.02. The maximum atomic E-state index is 3.59. The third kappa shape index (κ3) is 1.28. The molecule has 1 saturated carbocycles. The average molecular weight is 350 g/mol. The van der Waals surface area contributed by atoms with Crippen molar-refractivity contribution in [2.45, 2.75) is 18.3 Å². The van der Waals surface area contributed by atoms with E-state index >= 15 is 0 Å². The molecule has 2 aliphatic rings. The molecule has 0 amide bonds. The number of halogens is 2. The van der Waals surface area contributed by atoms with Crippen molar-refractivity contribution in [1.29, 1.82) is 0 Å². The van der Waals surface area contributed by atoms with E-state index in [2.05, 4.69) is 68.3 Å². The minimum absolute atomic E-state index is 0.332. The molecule has 2 aromatic carbocycles. The van der Waals surface area contributed by atoms with Gasteiger partial charge in [-0.1, -0.05) is 44.0 Å². The van der Waals surface area contributed by atoms with Crippen molar-refractivity contribution in [3.63, 3.8) is 0 Å². The van der Waals surface area contributed by atoms with Crippen LogP contribution in [0.3, 0.4) is 0 Å². The molecule has 0 saturated heterocycles. The summed E-state index contributed by atoms with van der Waals surface area (Å²) in [6.45, 7) is 0. The predicted octanol–water partition coefficient (Wildman–Crippen LogP) is 5.27. The van der Waals surface area contributed by atoms with Crippen molar-refractivity contribution in [2.75, 3.05) is 0 Å². The molecule has 0 unspecified atom stereocenters. The van der Waals surface area contributed by atoms with E-state index in [9.17, 15) is 0 Å². The molecule has 17 heavy (non-hydrogen) atoms. The first kappa shape index (κ1) is 10.3. The number of hydrogen-bond acceptors (Lipinski definition) is 0. The largest absolute Gasteiger partial charge is 0.0529 e. The summed E-state index contributed by atoms with van der Waals surface area (Å²) < 4.78 is 2.38. The highest BCUT2D eigenvalue weighted by Crippen LogP contribution is 2.63. The molecule has 4 rings (SSSR count).